The van der Waals surface area contributed by atoms with Gasteiger partial charge in [0, 0.05) is 0 Å². The number of carboxylic acid groups (broad SMARTS) is 2. The normalized spacial score (nSPS) is 9.36. The summed E-state index contributed by atoms with van der Waals surface area (Å²) in [5, 5.41) is 14.9. The molecule has 0 aliphatic carbocycles. The minimum atomic E-state index is -4.82. The van der Waals surface area contributed by atoms with Gasteiger partial charge in [-0.2, -0.15) is 0 Å². The van der Waals surface area contributed by atoms with E-state index in [2.05, 4.69) is 0 Å². The van der Waals surface area contributed by atoms with Crippen molar-refractivity contribution in [2.75, 3.05) is 0 Å². The van der Waals surface area contributed by atoms with Crippen molar-refractivity contribution in [2.45, 2.75) is 0 Å². The first kappa shape index (κ1) is 13.1. The van der Waals surface area contributed by atoms with E-state index in [1.165, 1.54) is 0 Å². The van der Waals surface area contributed by atoms with Crippen molar-refractivity contribution < 1.29 is 34.2 Å². The maximum Gasteiger partial charge on any atom is 0.433 e. The van der Waals surface area contributed by atoms with Gasteiger partial charge in [0.25, 0.3) is 0 Å². The molecule has 0 aliphatic rings. The molecule has 0 amide bonds. The Morgan fingerprint density at radius 3 is 1.27 bits per heavy atom. The standard InChI is InChI=1S/CH3O5P.CH3O2P/c2-1(3)7(4,5)6;2-1(3)4/h(H,2,3)(H2,4,5,6);4H2,(H,2,3). The average Bonchev–Trinajstić information content (AvgIpc) is 1.59. The summed E-state index contributed by atoms with van der Waals surface area (Å²) in [6.07, 6.45) is 0. The van der Waals surface area contributed by atoms with Gasteiger partial charge < -0.3 is 20.0 Å². The fourth-order valence-electron chi connectivity index (χ4n) is 0. The molecule has 9 heteroatoms. The van der Waals surface area contributed by atoms with Crippen LogP contribution in [0.2, 0.25) is 0 Å². The van der Waals surface area contributed by atoms with Crippen LogP contribution < -0.4 is 0 Å². The molecule has 1 atom stereocenters. The van der Waals surface area contributed by atoms with Crippen LogP contribution in [-0.4, -0.2) is 31.4 Å². The summed E-state index contributed by atoms with van der Waals surface area (Å²) in [5.41, 5.74) is -3.01. The summed E-state index contributed by atoms with van der Waals surface area (Å²) >= 11 is 0. The van der Waals surface area contributed by atoms with Gasteiger partial charge in [0.05, 0.1) is 0 Å². The van der Waals surface area contributed by atoms with Crippen LogP contribution in [0.1, 0.15) is 0 Å². The van der Waals surface area contributed by atoms with E-state index in [1.54, 1.807) is 9.24 Å². The van der Waals surface area contributed by atoms with Gasteiger partial charge in [-0.15, -0.1) is 0 Å². The third kappa shape index (κ3) is 17.7. The summed E-state index contributed by atoms with van der Waals surface area (Å²) in [6.45, 7) is 0. The van der Waals surface area contributed by atoms with E-state index in [4.69, 9.17) is 24.8 Å². The summed E-state index contributed by atoms with van der Waals surface area (Å²) < 4.78 is 9.43. The smallest absolute Gasteiger partial charge is 0.433 e. The van der Waals surface area contributed by atoms with Gasteiger partial charge in [0.1, 0.15) is 0 Å². The maximum atomic E-state index is 9.43. The minimum absolute atomic E-state index is 0.917. The van der Waals surface area contributed by atoms with Crippen molar-refractivity contribution in [3.63, 3.8) is 0 Å². The van der Waals surface area contributed by atoms with Crippen molar-refractivity contribution >= 4 is 28.3 Å². The molecule has 0 aliphatic heterocycles. The fraction of sp³-hybridized carbons (Fsp3) is 0. The van der Waals surface area contributed by atoms with Gasteiger partial charge in [-0.3, -0.25) is 0 Å². The second-order valence-electron chi connectivity index (χ2n) is 1.16. The Hall–Kier alpha value is -0.480. The Morgan fingerprint density at radius 2 is 1.27 bits per heavy atom. The van der Waals surface area contributed by atoms with Crippen molar-refractivity contribution in [3.8, 4) is 0 Å². The molecule has 1 unspecified atom stereocenters. The predicted octanol–water partition coefficient (Wildman–Crippen LogP) is 0.382. The molecule has 0 rings (SSSR count). The maximum absolute atomic E-state index is 9.43. The highest BCUT2D eigenvalue weighted by atomic mass is 31.2. The third-order valence-corrected chi connectivity index (χ3v) is 0.748. The molecule has 0 saturated heterocycles. The molecule has 11 heavy (non-hydrogen) atoms. The number of hydrogen-bond acceptors (Lipinski definition) is 3. The highest BCUT2D eigenvalue weighted by Crippen LogP contribution is 2.34. The first-order valence-electron chi connectivity index (χ1n) is 1.95. The first-order chi connectivity index (χ1) is 4.68. The van der Waals surface area contributed by atoms with Crippen LogP contribution in [0.15, 0.2) is 0 Å². The number of hydrogen-bond donors (Lipinski definition) is 4. The van der Waals surface area contributed by atoms with Crippen LogP contribution in [0.3, 0.4) is 0 Å². The van der Waals surface area contributed by atoms with Crippen molar-refractivity contribution in [1.82, 2.24) is 0 Å². The summed E-state index contributed by atoms with van der Waals surface area (Å²) in [7, 11) is -3.25. The zero-order chi connectivity index (χ0) is 9.65. The van der Waals surface area contributed by atoms with Crippen LogP contribution in [0.4, 0.5) is 9.59 Å². The number of carbonyl (C=O) groups is 2. The second-order valence-corrected chi connectivity index (χ2v) is 3.13. The van der Waals surface area contributed by atoms with E-state index in [0.717, 1.165) is 0 Å². The zero-order valence-electron chi connectivity index (χ0n) is 5.04. The third-order valence-electron chi connectivity index (χ3n) is 0.249. The number of rotatable bonds is 1. The van der Waals surface area contributed by atoms with Gasteiger partial charge in [-0.25, -0.2) is 14.2 Å². The lowest BCUT2D eigenvalue weighted by atomic mass is 11.6. The highest BCUT2D eigenvalue weighted by molar-refractivity contribution is 7.69. The minimum Gasteiger partial charge on any atom is -0.479 e. The lowest BCUT2D eigenvalue weighted by Crippen LogP contribution is -1.90. The molecule has 0 aromatic carbocycles. The summed E-state index contributed by atoms with van der Waals surface area (Å²) in [6, 6.07) is 0. The van der Waals surface area contributed by atoms with Gasteiger partial charge >= 0.3 is 19.0 Å². The lowest BCUT2D eigenvalue weighted by molar-refractivity contribution is 0.208. The van der Waals surface area contributed by atoms with E-state index < -0.39 is 19.0 Å². The Bertz CT molecular complexity index is 187. The molecule has 0 saturated carbocycles. The molecule has 7 nitrogen and oxygen atoms in total. The van der Waals surface area contributed by atoms with Gasteiger partial charge in [-0.1, -0.05) is 0 Å². The van der Waals surface area contributed by atoms with E-state index in [1.807, 2.05) is 0 Å². The van der Waals surface area contributed by atoms with Crippen LogP contribution in [0.5, 0.6) is 0 Å². The second kappa shape index (κ2) is 5.21. The molecule has 4 N–H and O–H groups in total. The van der Waals surface area contributed by atoms with Gasteiger partial charge in [0.15, 0.2) is 0 Å². The Kier molecular flexibility index (Phi) is 6.22. The van der Waals surface area contributed by atoms with Crippen LogP contribution in [0, 0.1) is 0 Å². The topological polar surface area (TPSA) is 132 Å². The monoisotopic (exact) mass is 204 g/mol. The molecular formula is C2H6O7P2. The van der Waals surface area contributed by atoms with E-state index in [9.17, 15) is 9.36 Å². The molecule has 0 spiro atoms. The molecule has 0 bridgehead atoms. The SMILES string of the molecule is O=C(O)P.O=C(O)P(=O)(O)O. The summed E-state index contributed by atoms with van der Waals surface area (Å²) in [5.74, 6) is 0. The molecule has 0 fully saturated rings. The molecule has 0 heterocycles. The van der Waals surface area contributed by atoms with Crippen LogP contribution >= 0.6 is 16.8 Å². The van der Waals surface area contributed by atoms with Crippen LogP contribution in [-0.2, 0) is 4.57 Å². The Labute approximate surface area is 63.4 Å². The van der Waals surface area contributed by atoms with E-state index >= 15 is 0 Å². The van der Waals surface area contributed by atoms with Crippen molar-refractivity contribution in [3.05, 3.63) is 0 Å². The first-order valence-corrected chi connectivity index (χ1v) is 4.14. The van der Waals surface area contributed by atoms with Crippen molar-refractivity contribution in [2.24, 2.45) is 0 Å². The zero-order valence-corrected chi connectivity index (χ0v) is 7.09. The van der Waals surface area contributed by atoms with Crippen molar-refractivity contribution in [1.29, 1.82) is 0 Å². The average molecular weight is 204 g/mol. The van der Waals surface area contributed by atoms with E-state index in [0.29, 0.717) is 0 Å². The Morgan fingerprint density at radius 1 is 1.18 bits per heavy atom. The predicted molar refractivity (Wildman–Crippen MR) is 37.8 cm³/mol. The molecular weight excluding hydrogens is 198 g/mol. The summed E-state index contributed by atoms with van der Waals surface area (Å²) in [4.78, 5) is 33.4. The van der Waals surface area contributed by atoms with Gasteiger partial charge in [-0.05, 0) is 9.24 Å². The molecule has 0 radical (unpaired) electrons. The quantitative estimate of drug-likeness (QED) is 0.453. The molecule has 0 aromatic rings. The van der Waals surface area contributed by atoms with Gasteiger partial charge in [0.2, 0.25) is 0 Å². The lowest BCUT2D eigenvalue weighted by Gasteiger charge is -1.90. The largest absolute Gasteiger partial charge is 0.479 e. The Balaban J connectivity index is 0. The fourth-order valence-corrected chi connectivity index (χ4v) is 0. The molecule has 0 aromatic heterocycles. The highest BCUT2D eigenvalue weighted by Gasteiger charge is 2.23. The van der Waals surface area contributed by atoms with Crippen LogP contribution in [0.25, 0.3) is 0 Å². The molecule has 66 valence electrons. The van der Waals surface area contributed by atoms with E-state index in [-0.39, 0.29) is 0 Å².